The second-order valence-electron chi connectivity index (χ2n) is 5.36. The average molecular weight is 201 g/mol. The monoisotopic (exact) mass is 201 g/mol. The largest absolute Gasteiger partial charge is 0.314 e. The average Bonchev–Trinajstić information content (AvgIpc) is 2.02. The first-order valence-corrected chi connectivity index (χ1v) is 5.92. The predicted octanol–water partition coefficient (Wildman–Crippen LogP) is 3.29. The third kappa shape index (κ3) is 4.41. The van der Waals surface area contributed by atoms with Crippen LogP contribution in [0.5, 0.6) is 0 Å². The van der Waals surface area contributed by atoms with Crippen LogP contribution in [0.2, 0.25) is 0 Å². The molecule has 1 nitrogen and oxygen atoms in total. The molecule has 1 aliphatic heterocycles. The Kier molecular flexibility index (Phi) is 4.36. The Labute approximate surface area is 87.5 Å². The summed E-state index contributed by atoms with van der Waals surface area (Å²) in [6.45, 7) is 7.00. The fourth-order valence-electron chi connectivity index (χ4n) is 2.55. The van der Waals surface area contributed by atoms with Gasteiger partial charge in [-0.15, -0.1) is 0 Å². The van der Waals surface area contributed by atoms with Crippen LogP contribution in [0.25, 0.3) is 0 Å². The lowest BCUT2D eigenvalue weighted by molar-refractivity contribution is 0.118. The molecule has 0 aromatic carbocycles. The molecule has 1 rings (SSSR count). The summed E-state index contributed by atoms with van der Waals surface area (Å²) >= 11 is 0. The molecular weight excluding hydrogens is 177 g/mol. The number of rotatable bonds is 4. The van der Waals surface area contributed by atoms with Crippen molar-refractivity contribution in [3.63, 3.8) is 0 Å². The van der Waals surface area contributed by atoms with E-state index in [1.165, 1.54) is 12.8 Å². The Morgan fingerprint density at radius 2 is 2.14 bits per heavy atom. The summed E-state index contributed by atoms with van der Waals surface area (Å²) in [5.41, 5.74) is -0.983. The van der Waals surface area contributed by atoms with Gasteiger partial charge in [-0.05, 0) is 45.1 Å². The number of alkyl halides is 1. The zero-order valence-electron chi connectivity index (χ0n) is 9.78. The van der Waals surface area contributed by atoms with Crippen molar-refractivity contribution < 1.29 is 4.39 Å². The quantitative estimate of drug-likeness (QED) is 0.736. The summed E-state index contributed by atoms with van der Waals surface area (Å²) in [6, 6.07) is 0.414. The van der Waals surface area contributed by atoms with Crippen molar-refractivity contribution in [1.82, 2.24) is 5.32 Å². The fourth-order valence-corrected chi connectivity index (χ4v) is 2.55. The Bertz CT molecular complexity index is 160. The molecule has 0 spiro atoms. The molecule has 2 atom stereocenters. The number of piperidine rings is 1. The number of hydrogen-bond acceptors (Lipinski definition) is 1. The van der Waals surface area contributed by atoms with Gasteiger partial charge < -0.3 is 5.32 Å². The van der Waals surface area contributed by atoms with Crippen LogP contribution in [0, 0.1) is 5.92 Å². The number of hydrogen-bond donors (Lipinski definition) is 1. The third-order valence-electron chi connectivity index (χ3n) is 2.92. The first kappa shape index (κ1) is 12.0. The molecule has 1 heterocycles. The van der Waals surface area contributed by atoms with Crippen molar-refractivity contribution in [3.8, 4) is 0 Å². The number of halogens is 1. The lowest BCUT2D eigenvalue weighted by Crippen LogP contribution is -2.39. The first-order chi connectivity index (χ1) is 6.49. The van der Waals surface area contributed by atoms with E-state index < -0.39 is 5.67 Å². The van der Waals surface area contributed by atoms with Gasteiger partial charge in [0.1, 0.15) is 5.67 Å². The van der Waals surface area contributed by atoms with E-state index in [0.717, 1.165) is 13.0 Å². The van der Waals surface area contributed by atoms with Crippen LogP contribution in [0.15, 0.2) is 0 Å². The van der Waals surface area contributed by atoms with Crippen molar-refractivity contribution >= 4 is 0 Å². The molecule has 2 unspecified atom stereocenters. The summed E-state index contributed by atoms with van der Waals surface area (Å²) in [7, 11) is 0. The molecule has 84 valence electrons. The maximum absolute atomic E-state index is 14.1. The molecule has 14 heavy (non-hydrogen) atoms. The zero-order valence-corrected chi connectivity index (χ0v) is 9.78. The molecule has 0 aromatic heterocycles. The molecule has 0 aromatic rings. The van der Waals surface area contributed by atoms with Crippen molar-refractivity contribution in [2.45, 2.75) is 64.6 Å². The summed E-state index contributed by atoms with van der Waals surface area (Å²) in [4.78, 5) is 0. The van der Waals surface area contributed by atoms with Crippen molar-refractivity contribution in [2.24, 2.45) is 5.92 Å². The van der Waals surface area contributed by atoms with Crippen LogP contribution in [-0.2, 0) is 0 Å². The maximum Gasteiger partial charge on any atom is 0.110 e. The highest BCUT2D eigenvalue weighted by Crippen LogP contribution is 2.28. The third-order valence-corrected chi connectivity index (χ3v) is 2.92. The first-order valence-electron chi connectivity index (χ1n) is 5.92. The molecule has 0 amide bonds. The molecule has 0 saturated carbocycles. The Balaban J connectivity index is 2.32. The van der Waals surface area contributed by atoms with Crippen molar-refractivity contribution in [2.75, 3.05) is 6.54 Å². The van der Waals surface area contributed by atoms with E-state index in [4.69, 9.17) is 0 Å². The van der Waals surface area contributed by atoms with E-state index in [0.29, 0.717) is 24.8 Å². The highest BCUT2D eigenvalue weighted by atomic mass is 19.1. The lowest BCUT2D eigenvalue weighted by atomic mass is 9.87. The van der Waals surface area contributed by atoms with Gasteiger partial charge in [0.2, 0.25) is 0 Å². The molecule has 1 N–H and O–H groups in total. The van der Waals surface area contributed by atoms with Crippen LogP contribution < -0.4 is 5.32 Å². The van der Waals surface area contributed by atoms with E-state index in [2.05, 4.69) is 19.2 Å². The minimum absolute atomic E-state index is 0.414. The van der Waals surface area contributed by atoms with Crippen molar-refractivity contribution in [1.29, 1.82) is 0 Å². The molecule has 0 aliphatic carbocycles. The van der Waals surface area contributed by atoms with Gasteiger partial charge in [0.15, 0.2) is 0 Å². The van der Waals surface area contributed by atoms with E-state index >= 15 is 0 Å². The van der Waals surface area contributed by atoms with Crippen LogP contribution in [0.3, 0.4) is 0 Å². The van der Waals surface area contributed by atoms with Crippen LogP contribution in [0.4, 0.5) is 4.39 Å². The van der Waals surface area contributed by atoms with Gasteiger partial charge in [-0.1, -0.05) is 20.3 Å². The van der Waals surface area contributed by atoms with Gasteiger partial charge in [-0.3, -0.25) is 0 Å². The van der Waals surface area contributed by atoms with Crippen LogP contribution >= 0.6 is 0 Å². The normalized spacial score (nSPS) is 27.6. The fraction of sp³-hybridized carbons (Fsp3) is 1.00. The van der Waals surface area contributed by atoms with Gasteiger partial charge in [-0.25, -0.2) is 4.39 Å². The van der Waals surface area contributed by atoms with Gasteiger partial charge in [0.05, 0.1) is 0 Å². The minimum atomic E-state index is -0.983. The molecular formula is C12H24FN. The second-order valence-corrected chi connectivity index (χ2v) is 5.36. The molecule has 0 radical (unpaired) electrons. The SMILES string of the molecule is CC(C)CC(C)(F)CC1CCCCN1. The Hall–Kier alpha value is -0.110. The van der Waals surface area contributed by atoms with Crippen LogP contribution in [0.1, 0.15) is 52.9 Å². The van der Waals surface area contributed by atoms with E-state index in [1.54, 1.807) is 6.92 Å². The van der Waals surface area contributed by atoms with Crippen molar-refractivity contribution in [3.05, 3.63) is 0 Å². The smallest absolute Gasteiger partial charge is 0.110 e. The molecule has 1 fully saturated rings. The summed E-state index contributed by atoms with van der Waals surface area (Å²) in [6.07, 6.45) is 5.03. The Morgan fingerprint density at radius 3 is 2.64 bits per heavy atom. The highest BCUT2D eigenvalue weighted by molar-refractivity contribution is 4.83. The van der Waals surface area contributed by atoms with Gasteiger partial charge in [0, 0.05) is 6.04 Å². The standard InChI is InChI=1S/C12H24FN/c1-10(2)8-12(3,13)9-11-6-4-5-7-14-11/h10-11,14H,4-9H2,1-3H3. The lowest BCUT2D eigenvalue weighted by Gasteiger charge is -2.30. The minimum Gasteiger partial charge on any atom is -0.314 e. The molecule has 0 bridgehead atoms. The maximum atomic E-state index is 14.1. The van der Waals surface area contributed by atoms with Gasteiger partial charge >= 0.3 is 0 Å². The second kappa shape index (κ2) is 5.11. The van der Waals surface area contributed by atoms with Gasteiger partial charge in [-0.2, -0.15) is 0 Å². The highest BCUT2D eigenvalue weighted by Gasteiger charge is 2.29. The summed E-state index contributed by atoms with van der Waals surface area (Å²) < 4.78 is 14.1. The Morgan fingerprint density at radius 1 is 1.43 bits per heavy atom. The topological polar surface area (TPSA) is 12.0 Å². The number of nitrogens with one attached hydrogen (secondary N) is 1. The van der Waals surface area contributed by atoms with Gasteiger partial charge in [0.25, 0.3) is 0 Å². The van der Waals surface area contributed by atoms with E-state index in [1.807, 2.05) is 0 Å². The van der Waals surface area contributed by atoms with Crippen LogP contribution in [-0.4, -0.2) is 18.3 Å². The summed E-state index contributed by atoms with van der Waals surface area (Å²) in [5.74, 6) is 0.452. The summed E-state index contributed by atoms with van der Waals surface area (Å²) in [5, 5.41) is 3.41. The zero-order chi connectivity index (χ0) is 10.6. The predicted molar refractivity (Wildman–Crippen MR) is 59.2 cm³/mol. The van der Waals surface area contributed by atoms with E-state index in [9.17, 15) is 4.39 Å². The molecule has 1 aliphatic rings. The molecule has 1 saturated heterocycles. The van der Waals surface area contributed by atoms with E-state index in [-0.39, 0.29) is 0 Å². The molecule has 2 heteroatoms.